The quantitative estimate of drug-likeness (QED) is 0.854. The first kappa shape index (κ1) is 12.3. The number of rotatable bonds is 5. The van der Waals surface area contributed by atoms with Gasteiger partial charge in [0.25, 0.3) is 6.43 Å². The molecule has 94 valence electrons. The Bertz CT molecular complexity index is 382. The Hall–Kier alpha value is -1.16. The zero-order chi connectivity index (χ0) is 12.3. The number of hydrogen-bond donors (Lipinski definition) is 1. The lowest BCUT2D eigenvalue weighted by Gasteiger charge is -2.14. The molecule has 17 heavy (non-hydrogen) atoms. The van der Waals surface area contributed by atoms with E-state index in [2.05, 4.69) is 11.4 Å². The second-order valence-corrected chi connectivity index (χ2v) is 4.31. The van der Waals surface area contributed by atoms with E-state index in [0.717, 1.165) is 24.3 Å². The van der Waals surface area contributed by atoms with Gasteiger partial charge in [0.15, 0.2) is 0 Å². The molecule has 1 N–H and O–H groups in total. The van der Waals surface area contributed by atoms with Gasteiger partial charge in [-0.3, -0.25) is 0 Å². The summed E-state index contributed by atoms with van der Waals surface area (Å²) in [4.78, 5) is 0. The Kier molecular flexibility index (Phi) is 3.94. The van der Waals surface area contributed by atoms with E-state index in [4.69, 9.17) is 4.74 Å². The largest absolute Gasteiger partial charge is 0.493 e. The molecule has 0 bridgehead atoms. The number of halogens is 2. The maximum atomic E-state index is 12.5. The molecule has 0 radical (unpaired) electrons. The van der Waals surface area contributed by atoms with Crippen LogP contribution in [0, 0.1) is 0 Å². The molecule has 0 saturated heterocycles. The first-order valence-corrected chi connectivity index (χ1v) is 5.90. The fourth-order valence-electron chi connectivity index (χ4n) is 2.11. The third-order valence-corrected chi connectivity index (χ3v) is 3.17. The summed E-state index contributed by atoms with van der Waals surface area (Å²) in [7, 11) is 1.58. The highest BCUT2D eigenvalue weighted by atomic mass is 19.3. The molecule has 0 fully saturated rings. The van der Waals surface area contributed by atoms with Crippen LogP contribution < -0.4 is 10.1 Å². The van der Waals surface area contributed by atoms with Crippen molar-refractivity contribution >= 4 is 0 Å². The number of ether oxygens (including phenoxy) is 1. The van der Waals surface area contributed by atoms with Crippen LogP contribution in [0.1, 0.15) is 17.5 Å². The highest BCUT2D eigenvalue weighted by Gasteiger charge is 2.18. The van der Waals surface area contributed by atoms with Crippen molar-refractivity contribution in [3.63, 3.8) is 0 Å². The summed E-state index contributed by atoms with van der Waals surface area (Å²) in [6.45, 7) is 0.731. The first-order chi connectivity index (χ1) is 8.20. The zero-order valence-electron chi connectivity index (χ0n) is 9.88. The number of hydrogen-bond acceptors (Lipinski definition) is 2. The molecular weight excluding hydrogens is 224 g/mol. The van der Waals surface area contributed by atoms with Gasteiger partial charge in [0.2, 0.25) is 0 Å². The molecule has 0 amide bonds. The monoisotopic (exact) mass is 241 g/mol. The molecule has 0 aromatic heterocycles. The van der Waals surface area contributed by atoms with Crippen LogP contribution in [0.4, 0.5) is 8.78 Å². The van der Waals surface area contributed by atoms with Crippen molar-refractivity contribution < 1.29 is 13.5 Å². The minimum absolute atomic E-state index is 0.452. The van der Waals surface area contributed by atoms with Crippen LogP contribution in [0.3, 0.4) is 0 Å². The molecule has 4 heteroatoms. The van der Waals surface area contributed by atoms with Crippen LogP contribution in [0.2, 0.25) is 0 Å². The van der Waals surface area contributed by atoms with E-state index in [1.807, 2.05) is 12.1 Å². The van der Waals surface area contributed by atoms with Crippen LogP contribution in [-0.2, 0) is 12.8 Å². The standard InChI is InChI=1S/C13H17F2NO/c1-16-11(13(14)15)4-2-9-3-5-12-10(8-9)6-7-17-12/h3,5,8,11,13,16H,2,4,6-7H2,1H3. The maximum Gasteiger partial charge on any atom is 0.253 e. The van der Waals surface area contributed by atoms with E-state index in [1.165, 1.54) is 5.56 Å². The fourth-order valence-corrected chi connectivity index (χ4v) is 2.11. The third-order valence-electron chi connectivity index (χ3n) is 3.17. The van der Waals surface area contributed by atoms with Crippen LogP contribution >= 0.6 is 0 Å². The highest BCUT2D eigenvalue weighted by molar-refractivity contribution is 5.39. The second kappa shape index (κ2) is 5.45. The lowest BCUT2D eigenvalue weighted by Crippen LogP contribution is -2.32. The number of aryl methyl sites for hydroxylation is 1. The van der Waals surface area contributed by atoms with E-state index in [9.17, 15) is 8.78 Å². The average Bonchev–Trinajstić information content (AvgIpc) is 2.76. The van der Waals surface area contributed by atoms with Gasteiger partial charge < -0.3 is 10.1 Å². The molecule has 0 spiro atoms. The SMILES string of the molecule is CNC(CCc1ccc2c(c1)CCO2)C(F)F. The third kappa shape index (κ3) is 2.94. The number of nitrogens with one attached hydrogen (secondary N) is 1. The molecule has 2 nitrogen and oxygen atoms in total. The number of benzene rings is 1. The van der Waals surface area contributed by atoms with Crippen LogP contribution in [0.15, 0.2) is 18.2 Å². The first-order valence-electron chi connectivity index (χ1n) is 5.90. The van der Waals surface area contributed by atoms with Gasteiger partial charge in [-0.05, 0) is 37.1 Å². The molecule has 1 atom stereocenters. The molecule has 1 aliphatic heterocycles. The minimum Gasteiger partial charge on any atom is -0.493 e. The van der Waals surface area contributed by atoms with Gasteiger partial charge in [-0.1, -0.05) is 12.1 Å². The van der Waals surface area contributed by atoms with Crippen LogP contribution in [0.5, 0.6) is 5.75 Å². The van der Waals surface area contributed by atoms with E-state index >= 15 is 0 Å². The molecule has 2 rings (SSSR count). The summed E-state index contributed by atoms with van der Waals surface area (Å²) < 4.78 is 30.5. The molecule has 1 heterocycles. The lowest BCUT2D eigenvalue weighted by molar-refractivity contribution is 0.0981. The predicted molar refractivity (Wildman–Crippen MR) is 62.8 cm³/mol. The van der Waals surface area contributed by atoms with E-state index < -0.39 is 12.5 Å². The maximum absolute atomic E-state index is 12.5. The molecule has 1 aliphatic rings. The molecular formula is C13H17F2NO. The molecule has 1 aromatic rings. The predicted octanol–water partition coefficient (Wildman–Crippen LogP) is 2.41. The van der Waals surface area contributed by atoms with Crippen molar-refractivity contribution in [2.24, 2.45) is 0 Å². The van der Waals surface area contributed by atoms with Gasteiger partial charge >= 0.3 is 0 Å². The number of fused-ring (bicyclic) bond motifs is 1. The summed E-state index contributed by atoms with van der Waals surface area (Å²) in [6, 6.07) is 5.25. The Labute approximate surface area is 100.0 Å². The van der Waals surface area contributed by atoms with Gasteiger partial charge in [0, 0.05) is 6.42 Å². The van der Waals surface area contributed by atoms with Crippen molar-refractivity contribution in [2.75, 3.05) is 13.7 Å². The van der Waals surface area contributed by atoms with Gasteiger partial charge in [-0.2, -0.15) is 0 Å². The fraction of sp³-hybridized carbons (Fsp3) is 0.538. The van der Waals surface area contributed by atoms with Gasteiger partial charge in [-0.25, -0.2) is 8.78 Å². The van der Waals surface area contributed by atoms with E-state index in [0.29, 0.717) is 12.8 Å². The molecule has 0 saturated carbocycles. The topological polar surface area (TPSA) is 21.3 Å². The zero-order valence-corrected chi connectivity index (χ0v) is 9.88. The van der Waals surface area contributed by atoms with Crippen LogP contribution in [0.25, 0.3) is 0 Å². The summed E-state index contributed by atoms with van der Waals surface area (Å²) in [5.41, 5.74) is 2.30. The number of alkyl halides is 2. The van der Waals surface area contributed by atoms with Crippen molar-refractivity contribution in [2.45, 2.75) is 31.7 Å². The summed E-state index contributed by atoms with van der Waals surface area (Å²) in [6.07, 6.45) is -0.262. The van der Waals surface area contributed by atoms with E-state index in [1.54, 1.807) is 7.05 Å². The van der Waals surface area contributed by atoms with Gasteiger partial charge in [0.1, 0.15) is 5.75 Å². The van der Waals surface area contributed by atoms with Crippen molar-refractivity contribution in [1.82, 2.24) is 5.32 Å². The van der Waals surface area contributed by atoms with Crippen molar-refractivity contribution in [3.8, 4) is 5.75 Å². The van der Waals surface area contributed by atoms with Gasteiger partial charge in [-0.15, -0.1) is 0 Å². The van der Waals surface area contributed by atoms with Crippen LogP contribution in [-0.4, -0.2) is 26.1 Å². The average molecular weight is 241 g/mol. The highest BCUT2D eigenvalue weighted by Crippen LogP contribution is 2.26. The molecule has 1 aromatic carbocycles. The minimum atomic E-state index is -2.31. The summed E-state index contributed by atoms with van der Waals surface area (Å²) >= 11 is 0. The Balaban J connectivity index is 1.95. The van der Waals surface area contributed by atoms with Crippen molar-refractivity contribution in [1.29, 1.82) is 0 Å². The van der Waals surface area contributed by atoms with Gasteiger partial charge in [0.05, 0.1) is 12.6 Å². The van der Waals surface area contributed by atoms with Crippen molar-refractivity contribution in [3.05, 3.63) is 29.3 Å². The smallest absolute Gasteiger partial charge is 0.253 e. The Morgan fingerprint density at radius 1 is 1.41 bits per heavy atom. The second-order valence-electron chi connectivity index (χ2n) is 4.31. The normalized spacial score (nSPS) is 15.8. The Morgan fingerprint density at radius 2 is 2.24 bits per heavy atom. The molecule has 1 unspecified atom stereocenters. The lowest BCUT2D eigenvalue weighted by atomic mass is 10.0. The summed E-state index contributed by atoms with van der Waals surface area (Å²) in [5, 5.41) is 2.65. The van der Waals surface area contributed by atoms with E-state index in [-0.39, 0.29) is 0 Å². The summed E-state index contributed by atoms with van der Waals surface area (Å²) in [5.74, 6) is 0.938. The Morgan fingerprint density at radius 3 is 2.94 bits per heavy atom. The molecule has 0 aliphatic carbocycles.